The van der Waals surface area contributed by atoms with E-state index in [4.69, 9.17) is 0 Å². The first kappa shape index (κ1) is 15.4. The van der Waals surface area contributed by atoms with Crippen LogP contribution in [0.1, 0.15) is 5.56 Å². The van der Waals surface area contributed by atoms with Gasteiger partial charge in [0.1, 0.15) is 0 Å². The summed E-state index contributed by atoms with van der Waals surface area (Å²) in [6, 6.07) is 28.6. The van der Waals surface area contributed by atoms with Crippen molar-refractivity contribution in [3.05, 3.63) is 90.5 Å². The fourth-order valence-corrected chi connectivity index (χ4v) is 3.35. The molecular formula is C23H19NO. The van der Waals surface area contributed by atoms with Gasteiger partial charge in [0.05, 0.1) is 6.42 Å². The average molecular weight is 325 g/mol. The number of hydrogen-bond acceptors (Lipinski definition) is 1. The molecule has 0 heterocycles. The van der Waals surface area contributed by atoms with Crippen molar-refractivity contribution in [1.82, 2.24) is 0 Å². The molecule has 0 radical (unpaired) electrons. The van der Waals surface area contributed by atoms with E-state index in [1.807, 2.05) is 49.5 Å². The monoisotopic (exact) mass is 325 g/mol. The third-order valence-corrected chi connectivity index (χ3v) is 4.71. The standard InChI is InChI=1S/C23H19NO/c1-24(19-10-3-2-4-11-19)23(25)16-18-15-17-9-5-6-12-20(17)22-14-8-7-13-21(18)22/h2-15H,16H2,1H3. The molecule has 0 aliphatic carbocycles. The molecule has 2 heteroatoms. The molecule has 1 amide bonds. The molecule has 25 heavy (non-hydrogen) atoms. The zero-order valence-electron chi connectivity index (χ0n) is 14.1. The molecule has 4 rings (SSSR count). The Morgan fingerprint density at radius 1 is 0.760 bits per heavy atom. The third-order valence-electron chi connectivity index (χ3n) is 4.71. The van der Waals surface area contributed by atoms with Crippen LogP contribution in [0, 0.1) is 0 Å². The van der Waals surface area contributed by atoms with Gasteiger partial charge in [0.15, 0.2) is 0 Å². The van der Waals surface area contributed by atoms with Gasteiger partial charge < -0.3 is 4.90 Å². The fourth-order valence-electron chi connectivity index (χ4n) is 3.35. The molecule has 0 atom stereocenters. The predicted molar refractivity (Wildman–Crippen MR) is 105 cm³/mol. The number of likely N-dealkylation sites (N-methyl/N-ethyl adjacent to an activating group) is 1. The zero-order chi connectivity index (χ0) is 17.2. The number of para-hydroxylation sites is 1. The van der Waals surface area contributed by atoms with Crippen molar-refractivity contribution < 1.29 is 4.79 Å². The van der Waals surface area contributed by atoms with Crippen molar-refractivity contribution in [3.63, 3.8) is 0 Å². The summed E-state index contributed by atoms with van der Waals surface area (Å²) in [7, 11) is 1.83. The Kier molecular flexibility index (Phi) is 3.95. The van der Waals surface area contributed by atoms with Crippen molar-refractivity contribution in [3.8, 4) is 0 Å². The normalized spacial score (nSPS) is 10.9. The lowest BCUT2D eigenvalue weighted by molar-refractivity contribution is -0.117. The van der Waals surface area contributed by atoms with Crippen molar-refractivity contribution in [2.24, 2.45) is 0 Å². The van der Waals surface area contributed by atoms with Crippen molar-refractivity contribution in [1.29, 1.82) is 0 Å². The Labute approximate surface area is 147 Å². The lowest BCUT2D eigenvalue weighted by Gasteiger charge is -2.18. The summed E-state index contributed by atoms with van der Waals surface area (Å²) in [4.78, 5) is 14.5. The molecule has 2 nitrogen and oxygen atoms in total. The van der Waals surface area contributed by atoms with Crippen LogP contribution < -0.4 is 4.90 Å². The molecule has 0 bridgehead atoms. The third kappa shape index (κ3) is 2.87. The van der Waals surface area contributed by atoms with E-state index in [1.54, 1.807) is 4.90 Å². The number of anilines is 1. The number of nitrogens with zero attached hydrogens (tertiary/aromatic N) is 1. The number of rotatable bonds is 3. The van der Waals surface area contributed by atoms with Crippen LogP contribution in [0.3, 0.4) is 0 Å². The number of carbonyl (C=O) groups is 1. The molecular weight excluding hydrogens is 306 g/mol. The number of fused-ring (bicyclic) bond motifs is 3. The first-order valence-electron chi connectivity index (χ1n) is 8.45. The molecule has 4 aromatic rings. The van der Waals surface area contributed by atoms with Gasteiger partial charge in [0, 0.05) is 12.7 Å². The lowest BCUT2D eigenvalue weighted by atomic mass is 9.95. The molecule has 0 saturated heterocycles. The highest BCUT2D eigenvalue weighted by molar-refractivity contribution is 6.10. The summed E-state index contributed by atoms with van der Waals surface area (Å²) in [6.07, 6.45) is 0.386. The van der Waals surface area contributed by atoms with Crippen LogP contribution in [0.2, 0.25) is 0 Å². The van der Waals surface area contributed by atoms with Gasteiger partial charge in [-0.2, -0.15) is 0 Å². The lowest BCUT2D eigenvalue weighted by Crippen LogP contribution is -2.27. The first-order chi connectivity index (χ1) is 12.2. The van der Waals surface area contributed by atoms with Crippen molar-refractivity contribution >= 4 is 33.1 Å². The van der Waals surface area contributed by atoms with Crippen LogP contribution in [-0.4, -0.2) is 13.0 Å². The Morgan fingerprint density at radius 2 is 1.36 bits per heavy atom. The largest absolute Gasteiger partial charge is 0.315 e. The topological polar surface area (TPSA) is 20.3 Å². The van der Waals surface area contributed by atoms with Crippen LogP contribution in [0.5, 0.6) is 0 Å². The fraction of sp³-hybridized carbons (Fsp3) is 0.0870. The van der Waals surface area contributed by atoms with Crippen molar-refractivity contribution in [2.75, 3.05) is 11.9 Å². The van der Waals surface area contributed by atoms with E-state index in [-0.39, 0.29) is 5.91 Å². The maximum atomic E-state index is 12.8. The summed E-state index contributed by atoms with van der Waals surface area (Å²) in [5, 5.41) is 4.75. The van der Waals surface area contributed by atoms with E-state index in [0.717, 1.165) is 16.6 Å². The molecule has 0 fully saturated rings. The molecule has 122 valence electrons. The second kappa shape index (κ2) is 6.40. The Hall–Kier alpha value is -3.13. The van der Waals surface area contributed by atoms with Crippen molar-refractivity contribution in [2.45, 2.75) is 6.42 Å². The molecule has 4 aromatic carbocycles. The van der Waals surface area contributed by atoms with Crippen LogP contribution in [0.4, 0.5) is 5.69 Å². The zero-order valence-corrected chi connectivity index (χ0v) is 14.1. The minimum atomic E-state index is 0.0895. The quantitative estimate of drug-likeness (QED) is 0.474. The predicted octanol–water partition coefficient (Wildman–Crippen LogP) is 5.20. The highest BCUT2D eigenvalue weighted by Gasteiger charge is 2.14. The number of benzene rings is 4. The van der Waals surface area contributed by atoms with E-state index >= 15 is 0 Å². The van der Waals surface area contributed by atoms with Gasteiger partial charge in [0.2, 0.25) is 5.91 Å². The SMILES string of the molecule is CN(C(=O)Cc1cc2ccccc2c2ccccc12)c1ccccc1. The molecule has 0 aliphatic rings. The molecule has 0 N–H and O–H groups in total. The Bertz CT molecular complexity index is 1050. The van der Waals surface area contributed by atoms with Gasteiger partial charge in [0.25, 0.3) is 0 Å². The second-order valence-corrected chi connectivity index (χ2v) is 6.27. The van der Waals surface area contributed by atoms with Crippen LogP contribution in [0.25, 0.3) is 21.5 Å². The van der Waals surface area contributed by atoms with Gasteiger partial charge >= 0.3 is 0 Å². The van der Waals surface area contributed by atoms with Crippen LogP contribution in [-0.2, 0) is 11.2 Å². The van der Waals surface area contributed by atoms with E-state index in [1.165, 1.54) is 16.2 Å². The molecule has 0 aromatic heterocycles. The minimum Gasteiger partial charge on any atom is -0.315 e. The van der Waals surface area contributed by atoms with E-state index in [0.29, 0.717) is 6.42 Å². The van der Waals surface area contributed by atoms with Crippen LogP contribution >= 0.6 is 0 Å². The maximum absolute atomic E-state index is 12.8. The number of hydrogen-bond donors (Lipinski definition) is 0. The van der Waals surface area contributed by atoms with E-state index in [9.17, 15) is 4.79 Å². The summed E-state index contributed by atoms with van der Waals surface area (Å²) in [5.74, 6) is 0.0895. The minimum absolute atomic E-state index is 0.0895. The highest BCUT2D eigenvalue weighted by atomic mass is 16.2. The summed E-state index contributed by atoms with van der Waals surface area (Å²) in [6.45, 7) is 0. The maximum Gasteiger partial charge on any atom is 0.231 e. The summed E-state index contributed by atoms with van der Waals surface area (Å²) >= 11 is 0. The molecule has 0 aliphatic heterocycles. The smallest absolute Gasteiger partial charge is 0.231 e. The molecule has 0 unspecified atom stereocenters. The van der Waals surface area contributed by atoms with E-state index < -0.39 is 0 Å². The van der Waals surface area contributed by atoms with Gasteiger partial charge in [-0.1, -0.05) is 66.7 Å². The first-order valence-corrected chi connectivity index (χ1v) is 8.45. The molecule has 0 spiro atoms. The average Bonchev–Trinajstić information content (AvgIpc) is 2.68. The Balaban J connectivity index is 1.77. The Morgan fingerprint density at radius 3 is 2.12 bits per heavy atom. The van der Waals surface area contributed by atoms with Crippen LogP contribution in [0.15, 0.2) is 84.9 Å². The van der Waals surface area contributed by atoms with E-state index in [2.05, 4.69) is 42.5 Å². The van der Waals surface area contributed by atoms with Gasteiger partial charge in [-0.25, -0.2) is 0 Å². The second-order valence-electron chi connectivity index (χ2n) is 6.27. The number of carbonyl (C=O) groups excluding carboxylic acids is 1. The van der Waals surface area contributed by atoms with Gasteiger partial charge in [-0.3, -0.25) is 4.79 Å². The summed E-state index contributed by atoms with van der Waals surface area (Å²) in [5.41, 5.74) is 1.99. The highest BCUT2D eigenvalue weighted by Crippen LogP contribution is 2.29. The van der Waals surface area contributed by atoms with Gasteiger partial charge in [-0.05, 0) is 45.3 Å². The number of amides is 1. The molecule has 0 saturated carbocycles. The summed E-state index contributed by atoms with van der Waals surface area (Å²) < 4.78 is 0. The van der Waals surface area contributed by atoms with Gasteiger partial charge in [-0.15, -0.1) is 0 Å².